The Bertz CT molecular complexity index is 589. The highest BCUT2D eigenvalue weighted by atomic mass is 16.3. The molecule has 4 aliphatic rings. The predicted molar refractivity (Wildman–Crippen MR) is 90.5 cm³/mol. The highest BCUT2D eigenvalue weighted by Crippen LogP contribution is 2.63. The molecule has 8 atom stereocenters. The zero-order valence-corrected chi connectivity index (χ0v) is 15.0. The number of aliphatic hydroxyl groups is 3. The minimum Gasteiger partial charge on any atom is -0.393 e. The van der Waals surface area contributed by atoms with E-state index in [1.807, 2.05) is 0 Å². The van der Waals surface area contributed by atoms with Gasteiger partial charge in [-0.2, -0.15) is 0 Å². The first-order valence-corrected chi connectivity index (χ1v) is 9.88. The van der Waals surface area contributed by atoms with Gasteiger partial charge in [0.2, 0.25) is 0 Å². The normalized spacial score (nSPS) is 52.2. The van der Waals surface area contributed by atoms with Gasteiger partial charge in [0.25, 0.3) is 0 Å². The second-order valence-electron chi connectivity index (χ2n) is 9.33. The van der Waals surface area contributed by atoms with E-state index in [2.05, 4.69) is 6.92 Å². The molecule has 25 heavy (non-hydrogen) atoms. The van der Waals surface area contributed by atoms with Crippen LogP contribution in [0, 0.1) is 35.0 Å². The molecule has 4 aliphatic carbocycles. The van der Waals surface area contributed by atoms with Gasteiger partial charge in [-0.25, -0.2) is 0 Å². The second kappa shape index (κ2) is 5.86. The van der Waals surface area contributed by atoms with Gasteiger partial charge in [0.05, 0.1) is 6.10 Å². The highest BCUT2D eigenvalue weighted by Gasteiger charge is 2.63. The monoisotopic (exact) mass is 350 g/mol. The number of hydrogen-bond acceptors (Lipinski definition) is 5. The van der Waals surface area contributed by atoms with Crippen LogP contribution < -0.4 is 0 Å². The topological polar surface area (TPSA) is 94.8 Å². The van der Waals surface area contributed by atoms with E-state index < -0.39 is 18.0 Å². The van der Waals surface area contributed by atoms with Gasteiger partial charge < -0.3 is 15.3 Å². The number of hydrogen-bond donors (Lipinski definition) is 3. The third kappa shape index (κ3) is 2.38. The maximum absolute atomic E-state index is 13.2. The highest BCUT2D eigenvalue weighted by molar-refractivity contribution is 5.91. The summed E-state index contributed by atoms with van der Waals surface area (Å²) >= 11 is 0. The predicted octanol–water partition coefficient (Wildman–Crippen LogP) is 1.47. The smallest absolute Gasteiger partial charge is 0.189 e. The fraction of sp³-hybridized carbons (Fsp3) is 0.900. The van der Waals surface area contributed by atoms with E-state index in [4.69, 9.17) is 0 Å². The Balaban J connectivity index is 1.65. The molecule has 3 N–H and O–H groups in total. The summed E-state index contributed by atoms with van der Waals surface area (Å²) in [6.45, 7) is 1.58. The molecular weight excluding hydrogens is 320 g/mol. The van der Waals surface area contributed by atoms with Crippen molar-refractivity contribution in [2.24, 2.45) is 35.0 Å². The molecule has 140 valence electrons. The van der Waals surface area contributed by atoms with Crippen molar-refractivity contribution in [3.05, 3.63) is 0 Å². The lowest BCUT2D eigenvalue weighted by Crippen LogP contribution is -2.58. The standard InChI is InChI=1S/C20H30O5/c1-19-6-4-12(22)8-11(19)2-3-14-13-5-7-20(25,17(24)10-21)15(13)9-16(23)18(14)19/h11-15,18,21-22,25H,2-10H2,1H3/t11-,12-,13+,14+,15-,18-,19+,20-/m1/s1. The molecule has 0 aliphatic heterocycles. The minimum absolute atomic E-state index is 0.00609. The molecule has 0 spiro atoms. The van der Waals surface area contributed by atoms with Crippen molar-refractivity contribution in [2.75, 3.05) is 6.61 Å². The molecule has 4 saturated carbocycles. The molecule has 0 saturated heterocycles. The fourth-order valence-corrected chi connectivity index (χ4v) is 7.16. The van der Waals surface area contributed by atoms with Gasteiger partial charge in [0, 0.05) is 18.3 Å². The Morgan fingerprint density at radius 3 is 2.64 bits per heavy atom. The summed E-state index contributed by atoms with van der Waals surface area (Å²) in [6, 6.07) is 0. The average Bonchev–Trinajstić information content (AvgIpc) is 2.92. The van der Waals surface area contributed by atoms with Crippen LogP contribution in [-0.2, 0) is 9.59 Å². The van der Waals surface area contributed by atoms with E-state index in [0.29, 0.717) is 12.3 Å². The van der Waals surface area contributed by atoms with Crippen LogP contribution in [0.15, 0.2) is 0 Å². The maximum atomic E-state index is 13.2. The van der Waals surface area contributed by atoms with Crippen molar-refractivity contribution in [1.29, 1.82) is 0 Å². The Morgan fingerprint density at radius 2 is 1.92 bits per heavy atom. The minimum atomic E-state index is -1.51. The van der Waals surface area contributed by atoms with E-state index >= 15 is 0 Å². The van der Waals surface area contributed by atoms with Crippen LogP contribution in [0.2, 0.25) is 0 Å². The van der Waals surface area contributed by atoms with Crippen LogP contribution in [-0.4, -0.2) is 45.2 Å². The number of carbonyl (C=O) groups is 2. The molecule has 0 aromatic carbocycles. The van der Waals surface area contributed by atoms with Crippen molar-refractivity contribution in [2.45, 2.75) is 70.0 Å². The lowest BCUT2D eigenvalue weighted by atomic mass is 9.46. The summed E-state index contributed by atoms with van der Waals surface area (Å²) in [5, 5.41) is 30.2. The van der Waals surface area contributed by atoms with Crippen LogP contribution in [0.4, 0.5) is 0 Å². The molecule has 5 heteroatoms. The molecule has 0 aromatic heterocycles. The first-order chi connectivity index (χ1) is 11.8. The molecule has 0 amide bonds. The zero-order valence-electron chi connectivity index (χ0n) is 15.0. The Kier molecular flexibility index (Phi) is 4.13. The molecular formula is C20H30O5. The Labute approximate surface area is 148 Å². The van der Waals surface area contributed by atoms with Gasteiger partial charge >= 0.3 is 0 Å². The summed E-state index contributed by atoms with van der Waals surface area (Å²) in [4.78, 5) is 25.3. The molecule has 4 rings (SSSR count). The fourth-order valence-electron chi connectivity index (χ4n) is 7.16. The first-order valence-electron chi connectivity index (χ1n) is 9.88. The lowest BCUT2D eigenvalue weighted by Gasteiger charge is -2.58. The molecule has 0 unspecified atom stereocenters. The van der Waals surface area contributed by atoms with Crippen LogP contribution in [0.3, 0.4) is 0 Å². The number of ketones is 2. The number of rotatable bonds is 2. The van der Waals surface area contributed by atoms with Crippen LogP contribution in [0.5, 0.6) is 0 Å². The summed E-state index contributed by atoms with van der Waals surface area (Å²) < 4.78 is 0. The van der Waals surface area contributed by atoms with E-state index in [-0.39, 0.29) is 47.4 Å². The van der Waals surface area contributed by atoms with Crippen molar-refractivity contribution in [3.63, 3.8) is 0 Å². The van der Waals surface area contributed by atoms with E-state index in [1.165, 1.54) is 0 Å². The SMILES string of the molecule is C[C@]12CC[C@@H](O)C[C@H]1CC[C@H]1[C@@H]3CC[C@](O)(C(=O)CO)[C@@H]3CC(=O)[C@@H]12. The molecule has 0 heterocycles. The lowest BCUT2D eigenvalue weighted by molar-refractivity contribution is -0.164. The van der Waals surface area contributed by atoms with E-state index in [0.717, 1.165) is 38.5 Å². The Morgan fingerprint density at radius 1 is 1.16 bits per heavy atom. The number of Topliss-reactive ketones (excluding diaryl/α,β-unsaturated/α-hetero) is 2. The third-order valence-corrected chi connectivity index (χ3v) is 8.43. The van der Waals surface area contributed by atoms with Gasteiger partial charge in [0.1, 0.15) is 18.0 Å². The van der Waals surface area contributed by atoms with Crippen molar-refractivity contribution < 1.29 is 24.9 Å². The van der Waals surface area contributed by atoms with Gasteiger partial charge in [0.15, 0.2) is 5.78 Å². The van der Waals surface area contributed by atoms with Crippen molar-refractivity contribution in [1.82, 2.24) is 0 Å². The van der Waals surface area contributed by atoms with Crippen LogP contribution in [0.25, 0.3) is 0 Å². The number of fused-ring (bicyclic) bond motifs is 5. The number of carbonyl (C=O) groups excluding carboxylic acids is 2. The van der Waals surface area contributed by atoms with Crippen molar-refractivity contribution in [3.8, 4) is 0 Å². The number of aliphatic hydroxyl groups excluding tert-OH is 2. The summed E-state index contributed by atoms with van der Waals surface area (Å²) in [5.41, 5.74) is -1.56. The summed E-state index contributed by atoms with van der Waals surface area (Å²) in [7, 11) is 0. The zero-order chi connectivity index (χ0) is 18.0. The Hall–Kier alpha value is -0.780. The van der Waals surface area contributed by atoms with Crippen LogP contribution in [0.1, 0.15) is 58.3 Å². The van der Waals surface area contributed by atoms with Gasteiger partial charge in [-0.1, -0.05) is 6.92 Å². The second-order valence-corrected chi connectivity index (χ2v) is 9.33. The summed E-state index contributed by atoms with van der Waals surface area (Å²) in [6.07, 6.45) is 5.60. The molecule has 5 nitrogen and oxygen atoms in total. The van der Waals surface area contributed by atoms with Gasteiger partial charge in [-0.3, -0.25) is 9.59 Å². The van der Waals surface area contributed by atoms with Crippen molar-refractivity contribution >= 4 is 11.6 Å². The average molecular weight is 350 g/mol. The molecule has 0 aromatic rings. The first kappa shape index (κ1) is 17.6. The van der Waals surface area contributed by atoms with Crippen LogP contribution >= 0.6 is 0 Å². The maximum Gasteiger partial charge on any atom is 0.189 e. The molecule has 0 bridgehead atoms. The molecule has 4 fully saturated rings. The molecule has 0 radical (unpaired) electrons. The van der Waals surface area contributed by atoms with Gasteiger partial charge in [-0.05, 0) is 68.1 Å². The summed E-state index contributed by atoms with van der Waals surface area (Å²) in [5.74, 6) is 0.197. The van der Waals surface area contributed by atoms with Gasteiger partial charge in [-0.15, -0.1) is 0 Å². The largest absolute Gasteiger partial charge is 0.393 e. The third-order valence-electron chi connectivity index (χ3n) is 8.43. The quantitative estimate of drug-likeness (QED) is 0.701. The van der Waals surface area contributed by atoms with E-state index in [9.17, 15) is 24.9 Å². The van der Waals surface area contributed by atoms with E-state index in [1.54, 1.807) is 0 Å².